The number of piperazine rings is 1. The molecule has 31 heavy (non-hydrogen) atoms. The van der Waals surface area contributed by atoms with E-state index in [0.717, 1.165) is 11.4 Å². The second kappa shape index (κ2) is 8.70. The van der Waals surface area contributed by atoms with Crippen molar-refractivity contribution in [2.45, 2.75) is 26.8 Å². The van der Waals surface area contributed by atoms with Gasteiger partial charge in [-0.1, -0.05) is 11.2 Å². The van der Waals surface area contributed by atoms with Crippen LogP contribution in [-0.2, 0) is 4.79 Å². The fourth-order valence-corrected chi connectivity index (χ4v) is 3.61. The lowest BCUT2D eigenvalue weighted by atomic mass is 10.1. The maximum Gasteiger partial charge on any atom is 0.277 e. The number of nitrogens with zero attached hydrogens (tertiary/aromatic N) is 7. The van der Waals surface area contributed by atoms with Crippen LogP contribution in [0, 0.1) is 5.82 Å². The number of rotatable bonds is 6. The van der Waals surface area contributed by atoms with Crippen molar-refractivity contribution in [2.24, 2.45) is 0 Å². The van der Waals surface area contributed by atoms with Gasteiger partial charge >= 0.3 is 0 Å². The second-order valence-corrected chi connectivity index (χ2v) is 7.37. The lowest BCUT2D eigenvalue weighted by Gasteiger charge is -2.35. The maximum atomic E-state index is 14.3. The Morgan fingerprint density at radius 1 is 1.26 bits per heavy atom. The van der Waals surface area contributed by atoms with Crippen molar-refractivity contribution < 1.29 is 13.9 Å². The van der Waals surface area contributed by atoms with Gasteiger partial charge in [-0.3, -0.25) is 4.79 Å². The van der Waals surface area contributed by atoms with Crippen LogP contribution < -0.4 is 15.0 Å². The van der Waals surface area contributed by atoms with Crippen LogP contribution >= 0.6 is 0 Å². The van der Waals surface area contributed by atoms with Crippen molar-refractivity contribution in [3.63, 3.8) is 0 Å². The second-order valence-electron chi connectivity index (χ2n) is 7.37. The van der Waals surface area contributed by atoms with E-state index in [1.165, 1.54) is 10.6 Å². The number of amides is 1. The van der Waals surface area contributed by atoms with Gasteiger partial charge in [-0.2, -0.15) is 9.50 Å². The number of aromatic nitrogens is 5. The SMILES string of the molecule is CCOc1ccc([C@@H](C)Nc2cc(N3CCN(C(C)=O)CC3)nc3nnnn23)cc1F. The van der Waals surface area contributed by atoms with E-state index >= 15 is 0 Å². The summed E-state index contributed by atoms with van der Waals surface area (Å²) in [5.74, 6) is 1.62. The summed E-state index contributed by atoms with van der Waals surface area (Å²) in [6, 6.07) is 6.57. The standard InChI is InChI=1S/C20H25FN8O2/c1-4-31-17-6-5-15(11-16(17)21)13(2)22-19-12-18(23-20-24-25-26-29(19)20)28-9-7-27(8-10-28)14(3)30/h5-6,11-13,22H,4,7-10H2,1-3H3/t13-/m1/s1. The number of ether oxygens (including phenoxy) is 1. The van der Waals surface area contributed by atoms with Gasteiger partial charge in [-0.05, 0) is 42.0 Å². The van der Waals surface area contributed by atoms with E-state index in [1.807, 2.05) is 30.9 Å². The number of benzene rings is 1. The molecule has 164 valence electrons. The molecule has 4 rings (SSSR count). The predicted octanol–water partition coefficient (Wildman–Crippen LogP) is 1.90. The molecule has 1 aromatic carbocycles. The minimum Gasteiger partial charge on any atom is -0.491 e. The zero-order valence-corrected chi connectivity index (χ0v) is 17.7. The van der Waals surface area contributed by atoms with E-state index in [-0.39, 0.29) is 17.7 Å². The van der Waals surface area contributed by atoms with E-state index in [4.69, 9.17) is 4.74 Å². The molecule has 1 fully saturated rings. The fraction of sp³-hybridized carbons (Fsp3) is 0.450. The van der Waals surface area contributed by atoms with Gasteiger partial charge in [-0.25, -0.2) is 4.39 Å². The summed E-state index contributed by atoms with van der Waals surface area (Å²) in [5.41, 5.74) is 0.760. The summed E-state index contributed by atoms with van der Waals surface area (Å²) in [4.78, 5) is 20.1. The summed E-state index contributed by atoms with van der Waals surface area (Å²) >= 11 is 0. The molecular formula is C20H25FN8O2. The third kappa shape index (κ3) is 4.35. The topological polar surface area (TPSA) is 101 Å². The van der Waals surface area contributed by atoms with Gasteiger partial charge in [0.25, 0.3) is 5.78 Å². The molecule has 0 radical (unpaired) electrons. The Morgan fingerprint density at radius 2 is 2.03 bits per heavy atom. The molecular weight excluding hydrogens is 403 g/mol. The lowest BCUT2D eigenvalue weighted by molar-refractivity contribution is -0.129. The smallest absolute Gasteiger partial charge is 0.277 e. The molecule has 0 bridgehead atoms. The van der Waals surface area contributed by atoms with E-state index in [2.05, 4.69) is 30.7 Å². The summed E-state index contributed by atoms with van der Waals surface area (Å²) < 4.78 is 21.1. The van der Waals surface area contributed by atoms with Crippen LogP contribution in [0.15, 0.2) is 24.3 Å². The molecule has 0 unspecified atom stereocenters. The number of anilines is 2. The van der Waals surface area contributed by atoms with Crippen molar-refractivity contribution in [1.82, 2.24) is 29.9 Å². The first-order chi connectivity index (χ1) is 15.0. The molecule has 11 heteroatoms. The molecule has 1 aliphatic rings. The van der Waals surface area contributed by atoms with Gasteiger partial charge in [0.15, 0.2) is 11.6 Å². The first-order valence-electron chi connectivity index (χ1n) is 10.2. The van der Waals surface area contributed by atoms with Gasteiger partial charge in [0.2, 0.25) is 5.91 Å². The minimum absolute atomic E-state index is 0.0727. The molecule has 3 aromatic rings. The van der Waals surface area contributed by atoms with Gasteiger partial charge in [0.05, 0.1) is 12.6 Å². The molecule has 0 spiro atoms. The Morgan fingerprint density at radius 3 is 2.71 bits per heavy atom. The number of carbonyl (C=O) groups excluding carboxylic acids is 1. The molecule has 1 atom stereocenters. The van der Waals surface area contributed by atoms with Crippen molar-refractivity contribution in [3.8, 4) is 5.75 Å². The minimum atomic E-state index is -0.403. The van der Waals surface area contributed by atoms with E-state index in [0.29, 0.717) is 44.4 Å². The Labute approximate surface area is 179 Å². The fourth-order valence-electron chi connectivity index (χ4n) is 3.61. The average Bonchev–Trinajstić information content (AvgIpc) is 3.24. The molecule has 0 aliphatic carbocycles. The van der Waals surface area contributed by atoms with Gasteiger partial charge in [-0.15, -0.1) is 0 Å². The number of fused-ring (bicyclic) bond motifs is 1. The lowest BCUT2D eigenvalue weighted by Crippen LogP contribution is -2.48. The van der Waals surface area contributed by atoms with E-state index < -0.39 is 5.82 Å². The number of tetrazole rings is 1. The molecule has 1 amide bonds. The number of halogens is 1. The van der Waals surface area contributed by atoms with Crippen LogP contribution in [0.2, 0.25) is 0 Å². The van der Waals surface area contributed by atoms with Crippen LogP contribution in [0.1, 0.15) is 32.4 Å². The highest BCUT2D eigenvalue weighted by Gasteiger charge is 2.22. The van der Waals surface area contributed by atoms with Crippen LogP contribution in [0.25, 0.3) is 5.78 Å². The molecule has 10 nitrogen and oxygen atoms in total. The zero-order chi connectivity index (χ0) is 22.0. The highest BCUT2D eigenvalue weighted by molar-refractivity contribution is 5.73. The Kier molecular flexibility index (Phi) is 5.83. The molecule has 1 saturated heterocycles. The van der Waals surface area contributed by atoms with Crippen molar-refractivity contribution in [1.29, 1.82) is 0 Å². The number of carbonyl (C=O) groups is 1. The van der Waals surface area contributed by atoms with Gasteiger partial charge < -0.3 is 19.9 Å². The normalized spacial score (nSPS) is 15.2. The third-order valence-corrected chi connectivity index (χ3v) is 5.33. The Balaban J connectivity index is 1.57. The van der Waals surface area contributed by atoms with E-state index in [1.54, 1.807) is 13.0 Å². The molecule has 1 aliphatic heterocycles. The number of nitrogens with one attached hydrogen (secondary N) is 1. The molecule has 0 saturated carbocycles. The van der Waals surface area contributed by atoms with Crippen LogP contribution in [-0.4, -0.2) is 68.6 Å². The largest absolute Gasteiger partial charge is 0.491 e. The molecule has 2 aromatic heterocycles. The van der Waals surface area contributed by atoms with Crippen molar-refractivity contribution in [2.75, 3.05) is 43.0 Å². The highest BCUT2D eigenvalue weighted by Crippen LogP contribution is 2.26. The molecule has 1 N–H and O–H groups in total. The monoisotopic (exact) mass is 428 g/mol. The quantitative estimate of drug-likeness (QED) is 0.635. The Hall–Kier alpha value is -3.50. The van der Waals surface area contributed by atoms with Crippen LogP contribution in [0.4, 0.5) is 16.0 Å². The summed E-state index contributed by atoms with van der Waals surface area (Å²) in [5, 5.41) is 15.1. The summed E-state index contributed by atoms with van der Waals surface area (Å²) in [6.45, 7) is 8.34. The van der Waals surface area contributed by atoms with Crippen molar-refractivity contribution >= 4 is 23.3 Å². The van der Waals surface area contributed by atoms with Gasteiger partial charge in [0.1, 0.15) is 11.6 Å². The zero-order valence-electron chi connectivity index (χ0n) is 17.7. The van der Waals surface area contributed by atoms with E-state index in [9.17, 15) is 9.18 Å². The average molecular weight is 428 g/mol. The third-order valence-electron chi connectivity index (χ3n) is 5.33. The number of hydrogen-bond acceptors (Lipinski definition) is 8. The maximum absolute atomic E-state index is 14.3. The Bertz CT molecular complexity index is 1080. The van der Waals surface area contributed by atoms with Crippen LogP contribution in [0.5, 0.6) is 5.75 Å². The molecule has 3 heterocycles. The van der Waals surface area contributed by atoms with Gasteiger partial charge in [0, 0.05) is 39.2 Å². The van der Waals surface area contributed by atoms with Crippen molar-refractivity contribution in [3.05, 3.63) is 35.6 Å². The highest BCUT2D eigenvalue weighted by atomic mass is 19.1. The summed E-state index contributed by atoms with van der Waals surface area (Å²) in [7, 11) is 0. The van der Waals surface area contributed by atoms with Crippen LogP contribution in [0.3, 0.4) is 0 Å². The number of hydrogen-bond donors (Lipinski definition) is 1. The summed E-state index contributed by atoms with van der Waals surface area (Å²) in [6.07, 6.45) is 0. The first-order valence-corrected chi connectivity index (χ1v) is 10.2. The predicted molar refractivity (Wildman–Crippen MR) is 113 cm³/mol. The first kappa shape index (κ1) is 20.8.